The average Bonchev–Trinajstić information content (AvgIpc) is 3.08. The maximum absolute atomic E-state index is 15.3. The summed E-state index contributed by atoms with van der Waals surface area (Å²) in [6.07, 6.45) is -1.75. The van der Waals surface area contributed by atoms with Gasteiger partial charge in [-0.05, 0) is 92.8 Å². The first kappa shape index (κ1) is 35.5. The summed E-state index contributed by atoms with van der Waals surface area (Å²) in [4.78, 5) is 19.5. The zero-order chi connectivity index (χ0) is 35.0. The molecule has 5 rings (SSSR count). The van der Waals surface area contributed by atoms with Crippen molar-refractivity contribution in [3.05, 3.63) is 95.4 Å². The lowest BCUT2D eigenvalue weighted by Gasteiger charge is -2.28. The molecule has 0 unspecified atom stereocenters. The molecule has 2 heterocycles. The molecule has 0 aliphatic carbocycles. The van der Waals surface area contributed by atoms with E-state index >= 15 is 4.39 Å². The number of anilines is 1. The van der Waals surface area contributed by atoms with Crippen LogP contribution in [0, 0.1) is 11.7 Å². The van der Waals surface area contributed by atoms with Crippen LogP contribution in [0.2, 0.25) is 0 Å². The van der Waals surface area contributed by atoms with Crippen LogP contribution in [0.3, 0.4) is 0 Å². The van der Waals surface area contributed by atoms with Crippen LogP contribution < -0.4 is 24.3 Å². The number of hydrogen-bond donors (Lipinski definition) is 1. The Morgan fingerprint density at radius 2 is 1.71 bits per heavy atom. The van der Waals surface area contributed by atoms with E-state index in [1.54, 1.807) is 19.2 Å². The van der Waals surface area contributed by atoms with Crippen LogP contribution in [0.1, 0.15) is 36.5 Å². The minimum atomic E-state index is -4.65. The predicted molar refractivity (Wildman–Crippen MR) is 178 cm³/mol. The highest BCUT2D eigenvalue weighted by molar-refractivity contribution is 5.92. The molecule has 1 aliphatic rings. The highest BCUT2D eigenvalue weighted by Crippen LogP contribution is 2.36. The van der Waals surface area contributed by atoms with Gasteiger partial charge in [0.1, 0.15) is 29.7 Å². The van der Waals surface area contributed by atoms with Gasteiger partial charge in [0, 0.05) is 29.6 Å². The number of carbonyl (C=O) groups is 1. The number of alkyl halides is 3. The normalized spacial score (nSPS) is 13.9. The number of piperidine rings is 1. The number of rotatable bonds is 13. The molecular weight excluding hydrogens is 642 g/mol. The predicted octanol–water partition coefficient (Wildman–Crippen LogP) is 7.79. The number of hydrogen-bond acceptors (Lipinski definition) is 7. The van der Waals surface area contributed by atoms with Gasteiger partial charge in [0.05, 0.1) is 32.3 Å². The number of amides is 1. The number of likely N-dealkylation sites (tertiary alicyclic amines) is 1. The van der Waals surface area contributed by atoms with Gasteiger partial charge >= 0.3 is 6.18 Å². The fourth-order valence-corrected chi connectivity index (χ4v) is 5.47. The zero-order valence-corrected chi connectivity index (χ0v) is 27.6. The Morgan fingerprint density at radius 1 is 0.959 bits per heavy atom. The standard InChI is InChI=1S/C37H39F4N3O5/c1-4-47-34-20-36(49-23-24-5-9-30(46-3)10-6-24)42-21-32(34)26-7-8-27(33(38)15-26)16-35(45)43-29-17-28(37(39,40)41)18-31(19-29)48-22-25-11-13-44(2)14-12-25/h5-10,15,17-21,25H,4,11-14,16,22-23H2,1-3H3,(H,43,45). The van der Waals surface area contributed by atoms with Gasteiger partial charge in [-0.25, -0.2) is 9.37 Å². The number of methoxy groups -OCH3 is 1. The minimum Gasteiger partial charge on any atom is -0.497 e. The van der Waals surface area contributed by atoms with Gasteiger partial charge in [0.15, 0.2) is 0 Å². The molecule has 1 aliphatic heterocycles. The van der Waals surface area contributed by atoms with Gasteiger partial charge in [-0.3, -0.25) is 4.79 Å². The van der Waals surface area contributed by atoms with Gasteiger partial charge in [0.2, 0.25) is 11.8 Å². The molecular formula is C37H39F4N3O5. The summed E-state index contributed by atoms with van der Waals surface area (Å²) in [5, 5.41) is 2.48. The van der Waals surface area contributed by atoms with E-state index in [1.807, 2.05) is 38.2 Å². The van der Waals surface area contributed by atoms with Gasteiger partial charge < -0.3 is 29.2 Å². The number of halogens is 4. The Kier molecular flexibility index (Phi) is 11.6. The summed E-state index contributed by atoms with van der Waals surface area (Å²) in [6, 6.07) is 16.5. The summed E-state index contributed by atoms with van der Waals surface area (Å²) in [5.41, 5.74) is 0.925. The quantitative estimate of drug-likeness (QED) is 0.144. The molecule has 0 radical (unpaired) electrons. The molecule has 260 valence electrons. The lowest BCUT2D eigenvalue weighted by Crippen LogP contribution is -2.32. The summed E-state index contributed by atoms with van der Waals surface area (Å²) >= 11 is 0. The number of aromatic nitrogens is 1. The first-order valence-electron chi connectivity index (χ1n) is 16.0. The maximum Gasteiger partial charge on any atom is 0.416 e. The third kappa shape index (κ3) is 9.85. The van der Waals surface area contributed by atoms with E-state index in [-0.39, 0.29) is 36.1 Å². The van der Waals surface area contributed by atoms with Crippen molar-refractivity contribution in [3.8, 4) is 34.3 Å². The fourth-order valence-electron chi connectivity index (χ4n) is 5.47. The van der Waals surface area contributed by atoms with Gasteiger partial charge in [-0.2, -0.15) is 13.2 Å². The number of carbonyl (C=O) groups excluding carboxylic acids is 1. The Hall–Kier alpha value is -4.84. The second-order valence-electron chi connectivity index (χ2n) is 11.9. The third-order valence-electron chi connectivity index (χ3n) is 8.24. The molecule has 49 heavy (non-hydrogen) atoms. The molecule has 0 atom stereocenters. The number of ether oxygens (including phenoxy) is 4. The molecule has 3 aromatic carbocycles. The molecule has 4 aromatic rings. The van der Waals surface area contributed by atoms with E-state index in [1.165, 1.54) is 24.4 Å². The highest BCUT2D eigenvalue weighted by Gasteiger charge is 2.32. The van der Waals surface area contributed by atoms with Crippen LogP contribution in [0.15, 0.2) is 72.9 Å². The largest absolute Gasteiger partial charge is 0.497 e. The molecule has 1 amide bonds. The minimum absolute atomic E-state index is 0.00968. The van der Waals surface area contributed by atoms with Crippen LogP contribution in [-0.4, -0.2) is 56.3 Å². The molecule has 1 saturated heterocycles. The van der Waals surface area contributed by atoms with Crippen molar-refractivity contribution in [2.45, 2.75) is 39.0 Å². The first-order valence-corrected chi connectivity index (χ1v) is 16.0. The van der Waals surface area contributed by atoms with Crippen LogP contribution in [0.5, 0.6) is 23.1 Å². The van der Waals surface area contributed by atoms with Gasteiger partial charge in [-0.1, -0.05) is 24.3 Å². The average molecular weight is 682 g/mol. The number of benzene rings is 3. The summed E-state index contributed by atoms with van der Waals surface area (Å²) in [6.45, 7) is 4.50. The zero-order valence-electron chi connectivity index (χ0n) is 27.6. The van der Waals surface area contributed by atoms with E-state index < -0.39 is 29.9 Å². The lowest BCUT2D eigenvalue weighted by atomic mass is 9.98. The highest BCUT2D eigenvalue weighted by atomic mass is 19.4. The van der Waals surface area contributed by atoms with Crippen molar-refractivity contribution < 1.29 is 41.3 Å². The molecule has 12 heteroatoms. The van der Waals surface area contributed by atoms with Crippen LogP contribution in [0.4, 0.5) is 23.2 Å². The smallest absolute Gasteiger partial charge is 0.416 e. The molecule has 1 aromatic heterocycles. The molecule has 1 N–H and O–H groups in total. The van der Waals surface area contributed by atoms with E-state index in [4.69, 9.17) is 18.9 Å². The Labute approximate surface area is 283 Å². The molecule has 0 spiro atoms. The Morgan fingerprint density at radius 3 is 2.39 bits per heavy atom. The fraction of sp³-hybridized carbons (Fsp3) is 0.351. The van der Waals surface area contributed by atoms with Gasteiger partial charge in [-0.15, -0.1) is 0 Å². The second kappa shape index (κ2) is 16.0. The maximum atomic E-state index is 15.3. The molecule has 8 nitrogen and oxygen atoms in total. The van der Waals surface area contributed by atoms with Crippen LogP contribution in [0.25, 0.3) is 11.1 Å². The van der Waals surface area contributed by atoms with E-state index in [9.17, 15) is 18.0 Å². The van der Waals surface area contributed by atoms with Crippen molar-refractivity contribution in [2.75, 3.05) is 45.8 Å². The lowest BCUT2D eigenvalue weighted by molar-refractivity contribution is -0.137. The molecule has 1 fully saturated rings. The topological polar surface area (TPSA) is 82.1 Å². The van der Waals surface area contributed by atoms with Crippen molar-refractivity contribution in [1.82, 2.24) is 9.88 Å². The summed E-state index contributed by atoms with van der Waals surface area (Å²) in [5.74, 6) is 0.384. The second-order valence-corrected chi connectivity index (χ2v) is 11.9. The van der Waals surface area contributed by atoms with Crippen LogP contribution >= 0.6 is 0 Å². The summed E-state index contributed by atoms with van der Waals surface area (Å²) in [7, 11) is 3.62. The van der Waals surface area contributed by atoms with E-state index in [0.29, 0.717) is 29.4 Å². The monoisotopic (exact) mass is 681 g/mol. The number of nitrogens with one attached hydrogen (secondary N) is 1. The SMILES string of the molecule is CCOc1cc(OCc2ccc(OC)cc2)ncc1-c1ccc(CC(=O)Nc2cc(OCC3CCN(C)CC3)cc(C(F)(F)F)c2)c(F)c1. The van der Waals surface area contributed by atoms with Crippen molar-refractivity contribution >= 4 is 11.6 Å². The number of pyridine rings is 1. The van der Waals surface area contributed by atoms with E-state index in [2.05, 4.69) is 15.2 Å². The van der Waals surface area contributed by atoms with Gasteiger partial charge in [0.25, 0.3) is 0 Å². The van der Waals surface area contributed by atoms with Crippen molar-refractivity contribution in [1.29, 1.82) is 0 Å². The molecule has 0 bridgehead atoms. The Bertz CT molecular complexity index is 1720. The first-order chi connectivity index (χ1) is 23.5. The third-order valence-corrected chi connectivity index (χ3v) is 8.24. The Balaban J connectivity index is 1.25. The van der Waals surface area contributed by atoms with Crippen LogP contribution in [-0.2, 0) is 24.0 Å². The summed E-state index contributed by atoms with van der Waals surface area (Å²) < 4.78 is 78.9. The van der Waals surface area contributed by atoms with E-state index in [0.717, 1.165) is 49.4 Å². The van der Waals surface area contributed by atoms with Crippen molar-refractivity contribution in [2.24, 2.45) is 5.92 Å². The number of nitrogens with zero attached hydrogens (tertiary/aromatic N) is 2. The van der Waals surface area contributed by atoms with Crippen molar-refractivity contribution in [3.63, 3.8) is 0 Å². The molecule has 0 saturated carbocycles.